The van der Waals surface area contributed by atoms with Gasteiger partial charge in [-0.25, -0.2) is 24.9 Å². The number of aliphatic hydroxyl groups is 1. The van der Waals surface area contributed by atoms with Crippen molar-refractivity contribution in [3.63, 3.8) is 0 Å². The van der Waals surface area contributed by atoms with Crippen molar-refractivity contribution in [3.05, 3.63) is 66.6 Å². The first kappa shape index (κ1) is 21.6. The number of carbonyl (C=O) groups is 1. The highest BCUT2D eigenvalue weighted by molar-refractivity contribution is 5.87. The Kier molecular flexibility index (Phi) is 5.46. The van der Waals surface area contributed by atoms with Gasteiger partial charge in [0.25, 0.3) is 5.91 Å². The van der Waals surface area contributed by atoms with Crippen molar-refractivity contribution in [2.75, 3.05) is 18.9 Å². The van der Waals surface area contributed by atoms with E-state index in [4.69, 9.17) is 4.52 Å². The lowest BCUT2D eigenvalue weighted by atomic mass is 9.98. The number of amides is 1. The Morgan fingerprint density at radius 3 is 2.50 bits per heavy atom. The predicted molar refractivity (Wildman–Crippen MR) is 121 cm³/mol. The van der Waals surface area contributed by atoms with Gasteiger partial charge in [-0.05, 0) is 31.2 Å². The monoisotopic (exact) mass is 458 g/mol. The molecule has 11 nitrogen and oxygen atoms in total. The molecule has 2 unspecified atom stereocenters. The van der Waals surface area contributed by atoms with Crippen LogP contribution in [0, 0.1) is 0 Å². The van der Waals surface area contributed by atoms with Gasteiger partial charge in [-0.2, -0.15) is 0 Å². The highest BCUT2D eigenvalue weighted by atomic mass is 16.5. The molecule has 0 bridgehead atoms. The van der Waals surface area contributed by atoms with E-state index in [9.17, 15) is 9.90 Å². The standard InChI is InChI=1S/C23H22N8O3/c1-14(20-24-9-4-10-25-20)27-22-26-11-7-17(29-22)15-5-3-6-16(28-15)18-13-19(34-30-18)23(33)8-12-31(2)21(23)32/h3-7,9-11,13-14,33H,8,12H2,1-2H3,(H,26,27,29). The molecule has 2 N–H and O–H groups in total. The Balaban J connectivity index is 1.39. The molecule has 0 aromatic carbocycles. The predicted octanol–water partition coefficient (Wildman–Crippen LogP) is 2.21. The summed E-state index contributed by atoms with van der Waals surface area (Å²) in [6.45, 7) is 2.37. The summed E-state index contributed by atoms with van der Waals surface area (Å²) in [6, 6.07) is 10.3. The van der Waals surface area contributed by atoms with Gasteiger partial charge in [0.05, 0.1) is 23.1 Å². The zero-order valence-electron chi connectivity index (χ0n) is 18.6. The van der Waals surface area contributed by atoms with Gasteiger partial charge in [0.2, 0.25) is 11.5 Å². The molecule has 1 aliphatic heterocycles. The SMILES string of the molecule is CC(Nc1nccc(-c2cccc(-c3cc(C4(O)CCN(C)C4=O)on3)n2)n1)c1ncccn1. The molecule has 1 saturated heterocycles. The van der Waals surface area contributed by atoms with Crippen LogP contribution in [-0.2, 0) is 10.4 Å². The van der Waals surface area contributed by atoms with E-state index in [0.717, 1.165) is 0 Å². The van der Waals surface area contributed by atoms with Crippen LogP contribution in [0.25, 0.3) is 22.8 Å². The quantitative estimate of drug-likeness (QED) is 0.441. The Labute approximate surface area is 194 Å². The molecule has 172 valence electrons. The molecule has 4 aromatic rings. The van der Waals surface area contributed by atoms with Crippen LogP contribution in [0.2, 0.25) is 0 Å². The first-order valence-corrected chi connectivity index (χ1v) is 10.7. The van der Waals surface area contributed by atoms with E-state index in [1.807, 2.05) is 19.1 Å². The van der Waals surface area contributed by atoms with Crippen LogP contribution in [0.5, 0.6) is 0 Å². The van der Waals surface area contributed by atoms with E-state index in [1.54, 1.807) is 49.9 Å². The van der Waals surface area contributed by atoms with E-state index in [-0.39, 0.29) is 18.2 Å². The number of likely N-dealkylation sites (tertiary alicyclic amines) is 1. The van der Waals surface area contributed by atoms with Gasteiger partial charge in [0, 0.05) is 44.7 Å². The lowest BCUT2D eigenvalue weighted by Crippen LogP contribution is -2.35. The minimum Gasteiger partial charge on any atom is -0.373 e. The average Bonchev–Trinajstić information content (AvgIpc) is 3.47. The summed E-state index contributed by atoms with van der Waals surface area (Å²) in [5.74, 6) is 0.745. The fraction of sp³-hybridized carbons (Fsp3) is 0.261. The third-order valence-electron chi connectivity index (χ3n) is 5.68. The Morgan fingerprint density at radius 1 is 1.03 bits per heavy atom. The van der Waals surface area contributed by atoms with Gasteiger partial charge in [-0.1, -0.05) is 11.2 Å². The number of pyridine rings is 1. The van der Waals surface area contributed by atoms with Crippen LogP contribution in [-0.4, -0.2) is 59.6 Å². The van der Waals surface area contributed by atoms with Gasteiger partial charge in [0.1, 0.15) is 11.5 Å². The molecule has 1 aliphatic rings. The van der Waals surface area contributed by atoms with Crippen molar-refractivity contribution in [1.29, 1.82) is 0 Å². The molecule has 5 rings (SSSR count). The Hall–Kier alpha value is -4.25. The smallest absolute Gasteiger partial charge is 0.262 e. The topological polar surface area (TPSA) is 143 Å². The number of carbonyl (C=O) groups excluding carboxylic acids is 1. The van der Waals surface area contributed by atoms with Gasteiger partial charge in [0.15, 0.2) is 5.76 Å². The second kappa shape index (κ2) is 8.60. The van der Waals surface area contributed by atoms with Gasteiger partial charge in [-0.3, -0.25) is 4.79 Å². The second-order valence-corrected chi connectivity index (χ2v) is 8.06. The summed E-state index contributed by atoms with van der Waals surface area (Å²) in [7, 11) is 1.64. The zero-order chi connectivity index (χ0) is 23.7. The maximum atomic E-state index is 12.4. The second-order valence-electron chi connectivity index (χ2n) is 8.06. The molecule has 1 fully saturated rings. The van der Waals surface area contributed by atoms with Crippen molar-refractivity contribution in [2.45, 2.75) is 25.0 Å². The summed E-state index contributed by atoms with van der Waals surface area (Å²) in [5.41, 5.74) is 0.440. The fourth-order valence-corrected chi connectivity index (χ4v) is 3.76. The largest absolute Gasteiger partial charge is 0.373 e. The summed E-state index contributed by atoms with van der Waals surface area (Å²) >= 11 is 0. The third-order valence-corrected chi connectivity index (χ3v) is 5.68. The maximum absolute atomic E-state index is 12.4. The van der Waals surface area contributed by atoms with E-state index in [1.165, 1.54) is 4.90 Å². The third kappa shape index (κ3) is 3.97. The molecule has 34 heavy (non-hydrogen) atoms. The van der Waals surface area contributed by atoms with E-state index in [0.29, 0.717) is 41.1 Å². The average molecular weight is 458 g/mol. The Morgan fingerprint density at radius 2 is 1.76 bits per heavy atom. The van der Waals surface area contributed by atoms with Crippen molar-refractivity contribution in [3.8, 4) is 22.8 Å². The molecule has 0 aliphatic carbocycles. The first-order chi connectivity index (χ1) is 16.4. The lowest BCUT2D eigenvalue weighted by molar-refractivity contribution is -0.144. The van der Waals surface area contributed by atoms with Crippen LogP contribution in [0.4, 0.5) is 5.95 Å². The molecular weight excluding hydrogens is 436 g/mol. The van der Waals surface area contributed by atoms with E-state index >= 15 is 0 Å². The number of likely N-dealkylation sites (N-methyl/N-ethyl adjacent to an activating group) is 1. The number of nitrogens with zero attached hydrogens (tertiary/aromatic N) is 7. The van der Waals surface area contributed by atoms with Gasteiger partial charge < -0.3 is 19.8 Å². The first-order valence-electron chi connectivity index (χ1n) is 10.7. The van der Waals surface area contributed by atoms with Crippen molar-refractivity contribution in [2.24, 2.45) is 0 Å². The van der Waals surface area contributed by atoms with Crippen LogP contribution in [0.3, 0.4) is 0 Å². The molecule has 0 radical (unpaired) electrons. The van der Waals surface area contributed by atoms with Gasteiger partial charge in [-0.15, -0.1) is 0 Å². The number of hydrogen-bond acceptors (Lipinski definition) is 10. The maximum Gasteiger partial charge on any atom is 0.262 e. The zero-order valence-corrected chi connectivity index (χ0v) is 18.6. The number of nitrogens with one attached hydrogen (secondary N) is 1. The minimum absolute atomic E-state index is 0.106. The van der Waals surface area contributed by atoms with Crippen molar-refractivity contribution in [1.82, 2.24) is 35.0 Å². The summed E-state index contributed by atoms with van der Waals surface area (Å²) in [6.07, 6.45) is 5.25. The molecule has 11 heteroatoms. The number of aromatic nitrogens is 6. The molecule has 1 amide bonds. The highest BCUT2D eigenvalue weighted by Gasteiger charge is 2.48. The molecule has 2 atom stereocenters. The number of hydrogen-bond donors (Lipinski definition) is 2. The van der Waals surface area contributed by atoms with Crippen LogP contribution in [0.1, 0.15) is 31.0 Å². The van der Waals surface area contributed by atoms with Crippen LogP contribution < -0.4 is 5.32 Å². The molecule has 0 spiro atoms. The summed E-state index contributed by atoms with van der Waals surface area (Å²) in [4.78, 5) is 35.8. The van der Waals surface area contributed by atoms with Crippen LogP contribution >= 0.6 is 0 Å². The van der Waals surface area contributed by atoms with E-state index in [2.05, 4.69) is 35.4 Å². The van der Waals surface area contributed by atoms with Crippen LogP contribution in [0.15, 0.2) is 59.5 Å². The van der Waals surface area contributed by atoms with E-state index < -0.39 is 11.5 Å². The highest BCUT2D eigenvalue weighted by Crippen LogP contribution is 2.34. The minimum atomic E-state index is -1.70. The molecule has 5 heterocycles. The summed E-state index contributed by atoms with van der Waals surface area (Å²) in [5, 5.41) is 18.0. The normalized spacial score (nSPS) is 18.8. The molecule has 0 saturated carbocycles. The van der Waals surface area contributed by atoms with Gasteiger partial charge >= 0.3 is 0 Å². The number of anilines is 1. The summed E-state index contributed by atoms with van der Waals surface area (Å²) < 4.78 is 5.34. The molecule has 4 aromatic heterocycles. The van der Waals surface area contributed by atoms with Crippen molar-refractivity contribution < 1.29 is 14.4 Å². The lowest BCUT2D eigenvalue weighted by Gasteiger charge is -2.16. The fourth-order valence-electron chi connectivity index (χ4n) is 3.76. The molecular formula is C23H22N8O3. The van der Waals surface area contributed by atoms with Crippen molar-refractivity contribution >= 4 is 11.9 Å². The Bertz CT molecular complexity index is 1330. The number of rotatable bonds is 6.